The fourth-order valence-corrected chi connectivity index (χ4v) is 5.41. The van der Waals surface area contributed by atoms with Crippen LogP contribution < -0.4 is 5.32 Å². The fourth-order valence-electron chi connectivity index (χ4n) is 5.41. The second kappa shape index (κ2) is 10.5. The molecular weight excluding hydrogens is 412 g/mol. The molecule has 1 N–H and O–H groups in total. The van der Waals surface area contributed by atoms with E-state index in [1.165, 1.54) is 11.1 Å². The normalized spacial score (nSPS) is 22.8. The minimum absolute atomic E-state index is 0.0279. The van der Waals surface area contributed by atoms with Crippen LogP contribution in [-0.4, -0.2) is 49.6 Å². The second-order valence-corrected chi connectivity index (χ2v) is 9.70. The van der Waals surface area contributed by atoms with Gasteiger partial charge >= 0.3 is 0 Å². The lowest BCUT2D eigenvalue weighted by Crippen LogP contribution is -2.54. The highest BCUT2D eigenvalue weighted by Crippen LogP contribution is 2.36. The highest BCUT2D eigenvalue weighted by atomic mass is 16.5. The van der Waals surface area contributed by atoms with Crippen LogP contribution in [0.3, 0.4) is 0 Å². The number of ether oxygens (including phenoxy) is 1. The minimum atomic E-state index is -0.599. The Kier molecular flexibility index (Phi) is 7.49. The predicted octanol–water partition coefficient (Wildman–Crippen LogP) is 4.52. The summed E-state index contributed by atoms with van der Waals surface area (Å²) in [4.78, 5) is 28.1. The summed E-state index contributed by atoms with van der Waals surface area (Å²) in [6.07, 6.45) is 5.89. The molecule has 2 saturated heterocycles. The molecule has 0 unspecified atom stereocenters. The summed E-state index contributed by atoms with van der Waals surface area (Å²) < 4.78 is 5.69. The van der Waals surface area contributed by atoms with Crippen molar-refractivity contribution >= 4 is 11.8 Å². The number of amides is 2. The first-order valence-corrected chi connectivity index (χ1v) is 12.3. The maximum atomic E-state index is 13.2. The molecule has 33 heavy (non-hydrogen) atoms. The SMILES string of the molecule is CNC(=O)[C@@]1(Cc2cccc(-c3cccc(C)c3)c2)CCCN(C(=O)CC[C@@H]2CCCO2)C1. The van der Waals surface area contributed by atoms with Crippen molar-refractivity contribution in [2.45, 2.75) is 58.0 Å². The summed E-state index contributed by atoms with van der Waals surface area (Å²) in [7, 11) is 1.70. The van der Waals surface area contributed by atoms with E-state index < -0.39 is 5.41 Å². The third-order valence-corrected chi connectivity index (χ3v) is 7.16. The molecule has 5 nitrogen and oxygen atoms in total. The number of rotatable bonds is 7. The van der Waals surface area contributed by atoms with Gasteiger partial charge < -0.3 is 15.0 Å². The monoisotopic (exact) mass is 448 g/mol. The predicted molar refractivity (Wildman–Crippen MR) is 131 cm³/mol. The van der Waals surface area contributed by atoms with E-state index in [9.17, 15) is 9.59 Å². The maximum absolute atomic E-state index is 13.2. The molecular formula is C28H36N2O3. The Hall–Kier alpha value is -2.66. The highest BCUT2D eigenvalue weighted by molar-refractivity contribution is 5.85. The molecule has 0 aromatic heterocycles. The smallest absolute Gasteiger partial charge is 0.228 e. The Morgan fingerprint density at radius 3 is 2.64 bits per heavy atom. The van der Waals surface area contributed by atoms with Crippen LogP contribution in [0.4, 0.5) is 0 Å². The van der Waals surface area contributed by atoms with E-state index in [1.807, 2.05) is 4.90 Å². The average Bonchev–Trinajstić information content (AvgIpc) is 3.36. The zero-order valence-electron chi connectivity index (χ0n) is 19.9. The second-order valence-electron chi connectivity index (χ2n) is 9.70. The van der Waals surface area contributed by atoms with Crippen molar-refractivity contribution in [3.8, 4) is 11.1 Å². The van der Waals surface area contributed by atoms with Crippen LogP contribution in [0.2, 0.25) is 0 Å². The number of piperidine rings is 1. The Labute approximate surface area is 197 Å². The van der Waals surface area contributed by atoms with Gasteiger partial charge in [0, 0.05) is 33.2 Å². The summed E-state index contributed by atoms with van der Waals surface area (Å²) in [5.74, 6) is 0.173. The van der Waals surface area contributed by atoms with Gasteiger partial charge in [0.15, 0.2) is 0 Å². The first kappa shape index (κ1) is 23.5. The van der Waals surface area contributed by atoms with Gasteiger partial charge in [-0.25, -0.2) is 0 Å². The van der Waals surface area contributed by atoms with Crippen LogP contribution in [-0.2, 0) is 20.7 Å². The number of likely N-dealkylation sites (tertiary alicyclic amines) is 1. The summed E-state index contributed by atoms with van der Waals surface area (Å²) >= 11 is 0. The molecule has 2 fully saturated rings. The lowest BCUT2D eigenvalue weighted by Gasteiger charge is -2.42. The quantitative estimate of drug-likeness (QED) is 0.678. The fraction of sp³-hybridized carbons (Fsp3) is 0.500. The van der Waals surface area contributed by atoms with Crippen LogP contribution in [0.15, 0.2) is 48.5 Å². The molecule has 0 bridgehead atoms. The number of aryl methyl sites for hydroxylation is 1. The van der Waals surface area contributed by atoms with E-state index in [0.717, 1.165) is 56.4 Å². The topological polar surface area (TPSA) is 58.6 Å². The van der Waals surface area contributed by atoms with E-state index in [1.54, 1.807) is 7.05 Å². The summed E-state index contributed by atoms with van der Waals surface area (Å²) in [6.45, 7) is 4.11. The average molecular weight is 449 g/mol. The largest absolute Gasteiger partial charge is 0.378 e. The first-order chi connectivity index (χ1) is 16.0. The number of hydrogen-bond acceptors (Lipinski definition) is 3. The molecule has 2 aliphatic heterocycles. The highest BCUT2D eigenvalue weighted by Gasteiger charge is 2.43. The molecule has 0 saturated carbocycles. The molecule has 0 aliphatic carbocycles. The van der Waals surface area contributed by atoms with Gasteiger partial charge in [-0.15, -0.1) is 0 Å². The molecule has 176 valence electrons. The zero-order valence-corrected chi connectivity index (χ0v) is 19.9. The lowest BCUT2D eigenvalue weighted by molar-refractivity contribution is -0.141. The molecule has 2 heterocycles. The van der Waals surface area contributed by atoms with Gasteiger partial charge in [0.2, 0.25) is 11.8 Å². The van der Waals surface area contributed by atoms with Crippen molar-refractivity contribution in [2.75, 3.05) is 26.7 Å². The minimum Gasteiger partial charge on any atom is -0.378 e. The van der Waals surface area contributed by atoms with Gasteiger partial charge in [0.1, 0.15) is 0 Å². The molecule has 2 aliphatic rings. The summed E-state index contributed by atoms with van der Waals surface area (Å²) in [5.41, 5.74) is 4.09. The number of hydrogen-bond donors (Lipinski definition) is 1. The third-order valence-electron chi connectivity index (χ3n) is 7.16. The Bertz CT molecular complexity index is 983. The van der Waals surface area contributed by atoms with Crippen molar-refractivity contribution in [1.29, 1.82) is 0 Å². The summed E-state index contributed by atoms with van der Waals surface area (Å²) in [5, 5.41) is 2.89. The van der Waals surface area contributed by atoms with Crippen LogP contribution in [0.1, 0.15) is 49.7 Å². The Balaban J connectivity index is 1.50. The molecule has 5 heteroatoms. The maximum Gasteiger partial charge on any atom is 0.228 e. The van der Waals surface area contributed by atoms with Crippen molar-refractivity contribution in [3.05, 3.63) is 59.7 Å². The van der Waals surface area contributed by atoms with Gasteiger partial charge in [-0.3, -0.25) is 9.59 Å². The molecule has 0 spiro atoms. The van der Waals surface area contributed by atoms with E-state index in [-0.39, 0.29) is 17.9 Å². The molecule has 4 rings (SSSR count). The van der Waals surface area contributed by atoms with E-state index in [4.69, 9.17) is 4.74 Å². The van der Waals surface area contributed by atoms with Crippen molar-refractivity contribution < 1.29 is 14.3 Å². The van der Waals surface area contributed by atoms with Gasteiger partial charge in [-0.2, -0.15) is 0 Å². The van der Waals surface area contributed by atoms with Crippen molar-refractivity contribution in [3.63, 3.8) is 0 Å². The summed E-state index contributed by atoms with van der Waals surface area (Å²) in [6, 6.07) is 17.0. The van der Waals surface area contributed by atoms with Crippen LogP contribution in [0.25, 0.3) is 11.1 Å². The van der Waals surface area contributed by atoms with Gasteiger partial charge in [-0.1, -0.05) is 54.1 Å². The number of benzene rings is 2. The van der Waals surface area contributed by atoms with Gasteiger partial charge in [0.05, 0.1) is 11.5 Å². The van der Waals surface area contributed by atoms with Gasteiger partial charge in [0.25, 0.3) is 0 Å². The number of nitrogens with one attached hydrogen (secondary N) is 1. The number of carbonyl (C=O) groups excluding carboxylic acids is 2. The Morgan fingerprint density at radius 1 is 1.12 bits per heavy atom. The van der Waals surface area contributed by atoms with Crippen LogP contribution >= 0.6 is 0 Å². The van der Waals surface area contributed by atoms with Crippen LogP contribution in [0, 0.1) is 12.3 Å². The van der Waals surface area contributed by atoms with E-state index >= 15 is 0 Å². The number of carbonyl (C=O) groups is 2. The standard InChI is InChI=1S/C28H36N2O3/c1-21-7-3-9-23(17-21)24-10-4-8-22(18-24)19-28(27(32)29-2)14-6-15-30(20-28)26(31)13-12-25-11-5-16-33-25/h3-4,7-10,17-18,25H,5-6,11-16,19-20H2,1-2H3,(H,29,32)/t25-,28+/m0/s1. The lowest BCUT2D eigenvalue weighted by atomic mass is 9.74. The molecule has 2 aromatic carbocycles. The molecule has 2 atom stereocenters. The zero-order chi connectivity index (χ0) is 23.3. The van der Waals surface area contributed by atoms with Crippen molar-refractivity contribution in [1.82, 2.24) is 10.2 Å². The molecule has 2 aromatic rings. The van der Waals surface area contributed by atoms with E-state index in [2.05, 4.69) is 60.8 Å². The van der Waals surface area contributed by atoms with Crippen LogP contribution in [0.5, 0.6) is 0 Å². The van der Waals surface area contributed by atoms with Gasteiger partial charge in [-0.05, 0) is 62.1 Å². The Morgan fingerprint density at radius 2 is 1.91 bits per heavy atom. The number of nitrogens with zero attached hydrogens (tertiary/aromatic N) is 1. The van der Waals surface area contributed by atoms with Crippen molar-refractivity contribution in [2.24, 2.45) is 5.41 Å². The first-order valence-electron chi connectivity index (χ1n) is 12.3. The molecule has 2 amide bonds. The van der Waals surface area contributed by atoms with E-state index in [0.29, 0.717) is 19.4 Å². The molecule has 0 radical (unpaired) electrons. The third kappa shape index (κ3) is 5.64.